The number of amides is 1. The summed E-state index contributed by atoms with van der Waals surface area (Å²) in [7, 11) is -2.33. The van der Waals surface area contributed by atoms with Crippen molar-refractivity contribution in [2.45, 2.75) is 58.4 Å². The van der Waals surface area contributed by atoms with Gasteiger partial charge >= 0.3 is 0 Å². The molecule has 2 N–H and O–H groups in total. The standard InChI is InChI=1S/C18H30N2O4S/c1-8-19-16(21)14-11-13(9-10-15(14)24-7)25(22,23)20-18(5,6)12-17(2,3)4/h9-11,20H,8,12H2,1-7H3,(H,19,21). The summed E-state index contributed by atoms with van der Waals surface area (Å²) < 4.78 is 33.5. The van der Waals surface area contributed by atoms with Crippen molar-refractivity contribution in [3.63, 3.8) is 0 Å². The highest BCUT2D eigenvalue weighted by Gasteiger charge is 2.31. The average molecular weight is 371 g/mol. The SMILES string of the molecule is CCNC(=O)c1cc(S(=O)(=O)NC(C)(C)CC(C)(C)C)ccc1OC. The third-order valence-corrected chi connectivity index (χ3v) is 5.14. The molecule has 1 rings (SSSR count). The summed E-state index contributed by atoms with van der Waals surface area (Å²) in [5.74, 6) is -0.0378. The summed E-state index contributed by atoms with van der Waals surface area (Å²) in [6.07, 6.45) is 0.665. The van der Waals surface area contributed by atoms with E-state index < -0.39 is 15.6 Å². The van der Waals surface area contributed by atoms with Gasteiger partial charge in [-0.2, -0.15) is 0 Å². The van der Waals surface area contributed by atoms with E-state index in [0.29, 0.717) is 18.7 Å². The fourth-order valence-corrected chi connectivity index (χ4v) is 4.51. The van der Waals surface area contributed by atoms with Crippen molar-refractivity contribution in [2.24, 2.45) is 5.41 Å². The van der Waals surface area contributed by atoms with E-state index in [0.717, 1.165) is 0 Å². The first-order valence-electron chi connectivity index (χ1n) is 8.31. The lowest BCUT2D eigenvalue weighted by atomic mass is 9.82. The maximum atomic E-state index is 12.8. The molecule has 25 heavy (non-hydrogen) atoms. The first-order chi connectivity index (χ1) is 11.3. The number of methoxy groups -OCH3 is 1. The minimum absolute atomic E-state index is 0.0297. The van der Waals surface area contributed by atoms with E-state index in [4.69, 9.17) is 4.74 Å². The van der Waals surface area contributed by atoms with Crippen molar-refractivity contribution < 1.29 is 17.9 Å². The molecule has 0 bridgehead atoms. The lowest BCUT2D eigenvalue weighted by Gasteiger charge is -2.33. The van der Waals surface area contributed by atoms with Crippen LogP contribution < -0.4 is 14.8 Å². The van der Waals surface area contributed by atoms with E-state index in [-0.39, 0.29) is 21.8 Å². The fraction of sp³-hybridized carbons (Fsp3) is 0.611. The summed E-state index contributed by atoms with van der Waals surface area (Å²) in [5, 5.41) is 2.66. The zero-order chi connectivity index (χ0) is 19.5. The number of benzene rings is 1. The van der Waals surface area contributed by atoms with Crippen molar-refractivity contribution in [2.75, 3.05) is 13.7 Å². The second kappa shape index (κ2) is 7.74. The molecule has 7 heteroatoms. The minimum Gasteiger partial charge on any atom is -0.496 e. The molecule has 0 fully saturated rings. The Morgan fingerprint density at radius 3 is 2.24 bits per heavy atom. The predicted octanol–water partition coefficient (Wildman–Crippen LogP) is 2.94. The third-order valence-electron chi connectivity index (χ3n) is 3.45. The van der Waals surface area contributed by atoms with E-state index >= 15 is 0 Å². The number of sulfonamides is 1. The quantitative estimate of drug-likeness (QED) is 0.773. The molecule has 0 aliphatic heterocycles. The molecule has 0 heterocycles. The Morgan fingerprint density at radius 1 is 1.16 bits per heavy atom. The van der Waals surface area contributed by atoms with Crippen LogP contribution in [0.2, 0.25) is 0 Å². The molecular formula is C18H30N2O4S. The van der Waals surface area contributed by atoms with Gasteiger partial charge in [0, 0.05) is 12.1 Å². The lowest BCUT2D eigenvalue weighted by Crippen LogP contribution is -2.45. The van der Waals surface area contributed by atoms with Gasteiger partial charge in [0.15, 0.2) is 0 Å². The molecule has 6 nitrogen and oxygen atoms in total. The van der Waals surface area contributed by atoms with Crippen LogP contribution in [0.25, 0.3) is 0 Å². The first kappa shape index (κ1) is 21.4. The number of hydrogen-bond donors (Lipinski definition) is 2. The van der Waals surface area contributed by atoms with Gasteiger partial charge in [0.2, 0.25) is 10.0 Å². The summed E-state index contributed by atoms with van der Waals surface area (Å²) in [4.78, 5) is 12.2. The number of nitrogens with one attached hydrogen (secondary N) is 2. The Labute approximate surface area is 151 Å². The molecular weight excluding hydrogens is 340 g/mol. The highest BCUT2D eigenvalue weighted by molar-refractivity contribution is 7.89. The molecule has 0 aliphatic rings. The van der Waals surface area contributed by atoms with Gasteiger partial charge in [0.1, 0.15) is 5.75 Å². The lowest BCUT2D eigenvalue weighted by molar-refractivity contribution is 0.0952. The van der Waals surface area contributed by atoms with Crippen LogP contribution in [-0.4, -0.2) is 33.5 Å². The normalized spacial score (nSPS) is 12.8. The van der Waals surface area contributed by atoms with Crippen LogP contribution in [0.4, 0.5) is 0 Å². The highest BCUT2D eigenvalue weighted by Crippen LogP contribution is 2.29. The van der Waals surface area contributed by atoms with Crippen LogP contribution in [0.15, 0.2) is 23.1 Å². The van der Waals surface area contributed by atoms with Gasteiger partial charge in [-0.3, -0.25) is 4.79 Å². The summed E-state index contributed by atoms with van der Waals surface area (Å²) in [6.45, 7) is 12.1. The van der Waals surface area contributed by atoms with Crippen molar-refractivity contribution in [1.82, 2.24) is 10.0 Å². The number of carbonyl (C=O) groups excluding carboxylic acids is 1. The zero-order valence-corrected chi connectivity index (χ0v) is 17.0. The molecule has 0 aliphatic carbocycles. The van der Waals surface area contributed by atoms with E-state index in [1.807, 2.05) is 13.8 Å². The second-order valence-electron chi connectivity index (χ2n) is 7.95. The number of ether oxygens (including phenoxy) is 1. The summed E-state index contributed by atoms with van der Waals surface area (Å²) in [6, 6.07) is 4.28. The molecule has 0 aromatic heterocycles. The molecule has 0 unspecified atom stereocenters. The molecule has 1 amide bonds. The molecule has 1 aromatic rings. The van der Waals surface area contributed by atoms with Gasteiger partial charge in [-0.25, -0.2) is 13.1 Å². The topological polar surface area (TPSA) is 84.5 Å². The predicted molar refractivity (Wildman–Crippen MR) is 99.5 cm³/mol. The second-order valence-corrected chi connectivity index (χ2v) is 9.63. The van der Waals surface area contributed by atoms with Crippen LogP contribution in [0.1, 0.15) is 58.3 Å². The number of rotatable bonds is 7. The van der Waals surface area contributed by atoms with Gasteiger partial charge < -0.3 is 10.1 Å². The van der Waals surface area contributed by atoms with E-state index in [9.17, 15) is 13.2 Å². The summed E-state index contributed by atoms with van der Waals surface area (Å²) in [5.41, 5.74) is -0.457. The molecule has 0 saturated heterocycles. The van der Waals surface area contributed by atoms with Gasteiger partial charge in [-0.1, -0.05) is 20.8 Å². The van der Waals surface area contributed by atoms with Crippen LogP contribution in [0.3, 0.4) is 0 Å². The Kier molecular flexibility index (Phi) is 6.64. The molecule has 0 atom stereocenters. The summed E-state index contributed by atoms with van der Waals surface area (Å²) >= 11 is 0. The number of carbonyl (C=O) groups is 1. The minimum atomic E-state index is -3.77. The maximum absolute atomic E-state index is 12.8. The van der Waals surface area contributed by atoms with Crippen molar-refractivity contribution in [3.8, 4) is 5.75 Å². The van der Waals surface area contributed by atoms with Crippen LogP contribution >= 0.6 is 0 Å². The van der Waals surface area contributed by atoms with Crippen LogP contribution in [0, 0.1) is 5.41 Å². The molecule has 0 radical (unpaired) electrons. The molecule has 1 aromatic carbocycles. The Hall–Kier alpha value is -1.60. The van der Waals surface area contributed by atoms with Crippen molar-refractivity contribution >= 4 is 15.9 Å². The van der Waals surface area contributed by atoms with Crippen molar-refractivity contribution in [3.05, 3.63) is 23.8 Å². The largest absolute Gasteiger partial charge is 0.496 e. The van der Waals surface area contributed by atoms with Crippen LogP contribution in [0.5, 0.6) is 5.75 Å². The Morgan fingerprint density at radius 2 is 1.76 bits per heavy atom. The molecule has 0 spiro atoms. The average Bonchev–Trinajstić information content (AvgIpc) is 2.42. The van der Waals surface area contributed by atoms with Gasteiger partial charge in [0.05, 0.1) is 17.6 Å². The Bertz CT molecular complexity index is 719. The highest BCUT2D eigenvalue weighted by atomic mass is 32.2. The smallest absolute Gasteiger partial charge is 0.255 e. The van der Waals surface area contributed by atoms with Crippen LogP contribution in [-0.2, 0) is 10.0 Å². The van der Waals surface area contributed by atoms with E-state index in [2.05, 4.69) is 30.8 Å². The molecule has 0 saturated carbocycles. The van der Waals surface area contributed by atoms with Gasteiger partial charge in [0.25, 0.3) is 5.91 Å². The number of hydrogen-bond acceptors (Lipinski definition) is 4. The first-order valence-corrected chi connectivity index (χ1v) is 9.80. The monoisotopic (exact) mass is 370 g/mol. The van der Waals surface area contributed by atoms with Crippen molar-refractivity contribution in [1.29, 1.82) is 0 Å². The third kappa shape index (κ3) is 6.32. The van der Waals surface area contributed by atoms with E-state index in [1.54, 1.807) is 6.92 Å². The van der Waals surface area contributed by atoms with Gasteiger partial charge in [-0.15, -0.1) is 0 Å². The Balaban J connectivity index is 3.21. The fourth-order valence-electron chi connectivity index (χ4n) is 3.07. The maximum Gasteiger partial charge on any atom is 0.255 e. The molecule has 142 valence electrons. The zero-order valence-electron chi connectivity index (χ0n) is 16.2. The van der Waals surface area contributed by atoms with Gasteiger partial charge in [-0.05, 0) is 50.8 Å². The van der Waals surface area contributed by atoms with E-state index in [1.165, 1.54) is 25.3 Å².